The summed E-state index contributed by atoms with van der Waals surface area (Å²) in [7, 11) is -4.16. The molecule has 2 aromatic carbocycles. The van der Waals surface area contributed by atoms with Crippen molar-refractivity contribution in [3.05, 3.63) is 59.2 Å². The Balaban J connectivity index is 1.92. The molecule has 5 nitrogen and oxygen atoms in total. The first kappa shape index (κ1) is 20.3. The summed E-state index contributed by atoms with van der Waals surface area (Å²) in [6.45, 7) is 1.95. The summed E-state index contributed by atoms with van der Waals surface area (Å²) in [4.78, 5) is 11.7. The molecule has 0 aromatic heterocycles. The van der Waals surface area contributed by atoms with E-state index >= 15 is 0 Å². The van der Waals surface area contributed by atoms with Crippen molar-refractivity contribution in [2.45, 2.75) is 30.7 Å². The Kier molecular flexibility index (Phi) is 5.44. The summed E-state index contributed by atoms with van der Waals surface area (Å²) in [5, 5.41) is 2.13. The van der Waals surface area contributed by atoms with Crippen LogP contribution < -0.4 is 5.32 Å². The van der Waals surface area contributed by atoms with E-state index in [0.29, 0.717) is 25.0 Å². The molecule has 1 amide bonds. The molecular weight excluding hydrogens is 400 g/mol. The van der Waals surface area contributed by atoms with E-state index in [9.17, 15) is 30.8 Å². The van der Waals surface area contributed by atoms with Gasteiger partial charge in [-0.15, -0.1) is 0 Å². The summed E-state index contributed by atoms with van der Waals surface area (Å²) >= 11 is 0. The second-order valence-corrected chi connectivity index (χ2v) is 8.32. The fourth-order valence-corrected chi connectivity index (χ4v) is 4.86. The lowest BCUT2D eigenvalue weighted by Gasteiger charge is -2.21. The van der Waals surface area contributed by atoms with Crippen molar-refractivity contribution in [1.29, 1.82) is 0 Å². The normalized spacial score (nSPS) is 17.7. The largest absolute Gasteiger partial charge is 0.322 e. The van der Waals surface area contributed by atoms with Crippen molar-refractivity contribution in [2.24, 2.45) is 0 Å². The number of amides is 1. The van der Waals surface area contributed by atoms with Crippen molar-refractivity contribution < 1.29 is 30.8 Å². The number of anilines is 1. The van der Waals surface area contributed by atoms with Crippen LogP contribution >= 0.6 is 0 Å². The SMILES string of the molecule is CC1CCCN1S(=O)(=O)c1cc(C(=O)Nc2cc(F)c(F)c(F)c2)ccc1F. The predicted octanol–water partition coefficient (Wildman–Crippen LogP) is 3.67. The first-order valence-electron chi connectivity index (χ1n) is 8.38. The van der Waals surface area contributed by atoms with Gasteiger partial charge in [-0.3, -0.25) is 4.79 Å². The minimum absolute atomic E-state index is 0.239. The van der Waals surface area contributed by atoms with Gasteiger partial charge in [0, 0.05) is 36.0 Å². The van der Waals surface area contributed by atoms with Gasteiger partial charge in [0.15, 0.2) is 17.5 Å². The maximum atomic E-state index is 14.2. The van der Waals surface area contributed by atoms with Crippen LogP contribution in [0.25, 0.3) is 0 Å². The van der Waals surface area contributed by atoms with Crippen LogP contribution in [0, 0.1) is 23.3 Å². The molecule has 2 aromatic rings. The minimum atomic E-state index is -4.16. The molecule has 1 heterocycles. The lowest BCUT2D eigenvalue weighted by atomic mass is 10.2. The molecular formula is C18H16F4N2O3S. The lowest BCUT2D eigenvalue weighted by Crippen LogP contribution is -2.34. The molecule has 1 unspecified atom stereocenters. The van der Waals surface area contributed by atoms with Crippen LogP contribution in [0.15, 0.2) is 35.2 Å². The van der Waals surface area contributed by atoms with Gasteiger partial charge in [-0.25, -0.2) is 26.0 Å². The van der Waals surface area contributed by atoms with Crippen LogP contribution in [0.4, 0.5) is 23.2 Å². The molecule has 1 N–H and O–H groups in total. The zero-order chi connectivity index (χ0) is 20.6. The number of carbonyl (C=O) groups excluding carboxylic acids is 1. The Morgan fingerprint density at radius 2 is 1.71 bits per heavy atom. The maximum absolute atomic E-state index is 14.2. The molecule has 0 bridgehead atoms. The van der Waals surface area contributed by atoms with E-state index in [1.807, 2.05) is 0 Å². The van der Waals surface area contributed by atoms with E-state index in [1.54, 1.807) is 6.92 Å². The predicted molar refractivity (Wildman–Crippen MR) is 93.3 cm³/mol. The Labute approximate surface area is 159 Å². The number of hydrogen-bond acceptors (Lipinski definition) is 3. The third kappa shape index (κ3) is 3.74. The number of carbonyl (C=O) groups is 1. The quantitative estimate of drug-likeness (QED) is 0.611. The highest BCUT2D eigenvalue weighted by Crippen LogP contribution is 2.28. The molecule has 10 heteroatoms. The van der Waals surface area contributed by atoms with Gasteiger partial charge in [-0.2, -0.15) is 4.31 Å². The molecule has 3 rings (SSSR count). The highest BCUT2D eigenvalue weighted by Gasteiger charge is 2.34. The number of nitrogens with one attached hydrogen (secondary N) is 1. The van der Waals surface area contributed by atoms with Crippen LogP contribution in [-0.4, -0.2) is 31.2 Å². The van der Waals surface area contributed by atoms with E-state index in [4.69, 9.17) is 0 Å². The molecule has 1 fully saturated rings. The average molecular weight is 416 g/mol. The van der Waals surface area contributed by atoms with E-state index in [2.05, 4.69) is 5.32 Å². The summed E-state index contributed by atoms with van der Waals surface area (Å²) in [5.41, 5.74) is -0.611. The van der Waals surface area contributed by atoms with Crippen molar-refractivity contribution in [2.75, 3.05) is 11.9 Å². The number of halogens is 4. The number of nitrogens with zero attached hydrogens (tertiary/aromatic N) is 1. The average Bonchev–Trinajstić information content (AvgIpc) is 3.06. The van der Waals surface area contributed by atoms with Crippen molar-refractivity contribution in [3.8, 4) is 0 Å². The third-order valence-corrected chi connectivity index (χ3v) is 6.54. The van der Waals surface area contributed by atoms with Gasteiger partial charge >= 0.3 is 0 Å². The summed E-state index contributed by atoms with van der Waals surface area (Å²) in [6, 6.07) is 3.57. The van der Waals surface area contributed by atoms with Crippen molar-refractivity contribution >= 4 is 21.6 Å². The monoisotopic (exact) mass is 416 g/mol. The summed E-state index contributed by atoms with van der Waals surface area (Å²) in [5.74, 6) is -6.64. The number of rotatable bonds is 4. The van der Waals surface area contributed by atoms with Gasteiger partial charge in [0.2, 0.25) is 10.0 Å². The van der Waals surface area contributed by atoms with Gasteiger partial charge in [0.25, 0.3) is 5.91 Å². The van der Waals surface area contributed by atoms with E-state index in [-0.39, 0.29) is 23.8 Å². The number of benzene rings is 2. The van der Waals surface area contributed by atoms with Crippen LogP contribution in [0.5, 0.6) is 0 Å². The Bertz CT molecular complexity index is 1020. The Hall–Kier alpha value is -2.46. The van der Waals surface area contributed by atoms with Gasteiger partial charge in [-0.1, -0.05) is 0 Å². The van der Waals surface area contributed by atoms with Gasteiger partial charge in [0.05, 0.1) is 0 Å². The summed E-state index contributed by atoms with van der Waals surface area (Å²) in [6.07, 6.45) is 1.28. The van der Waals surface area contributed by atoms with E-state index < -0.39 is 44.1 Å². The van der Waals surface area contributed by atoms with Gasteiger partial charge in [-0.05, 0) is 38.0 Å². The second-order valence-electron chi connectivity index (χ2n) is 6.46. The maximum Gasteiger partial charge on any atom is 0.255 e. The first-order valence-corrected chi connectivity index (χ1v) is 9.82. The molecule has 0 spiro atoms. The standard InChI is InChI=1S/C18H16F4N2O3S/c1-10-3-2-6-24(10)28(26,27)16-7-11(4-5-13(16)19)18(25)23-12-8-14(20)17(22)15(21)9-12/h4-5,7-10H,2-3,6H2,1H3,(H,23,25). The highest BCUT2D eigenvalue weighted by atomic mass is 32.2. The first-order chi connectivity index (χ1) is 13.1. The smallest absolute Gasteiger partial charge is 0.255 e. The fourth-order valence-electron chi connectivity index (χ4n) is 3.06. The van der Waals surface area contributed by atoms with Crippen LogP contribution in [-0.2, 0) is 10.0 Å². The second kappa shape index (κ2) is 7.51. The number of sulfonamides is 1. The molecule has 28 heavy (non-hydrogen) atoms. The third-order valence-electron chi connectivity index (χ3n) is 4.51. The molecule has 1 saturated heterocycles. The van der Waals surface area contributed by atoms with Crippen LogP contribution in [0.2, 0.25) is 0 Å². The lowest BCUT2D eigenvalue weighted by molar-refractivity contribution is 0.102. The van der Waals surface area contributed by atoms with Crippen molar-refractivity contribution in [1.82, 2.24) is 4.31 Å². The molecule has 0 radical (unpaired) electrons. The van der Waals surface area contributed by atoms with Crippen LogP contribution in [0.3, 0.4) is 0 Å². The summed E-state index contributed by atoms with van der Waals surface area (Å²) < 4.78 is 80.4. The van der Waals surface area contributed by atoms with Crippen LogP contribution in [0.1, 0.15) is 30.1 Å². The zero-order valence-corrected chi connectivity index (χ0v) is 15.5. The zero-order valence-electron chi connectivity index (χ0n) is 14.7. The molecule has 1 aliphatic rings. The minimum Gasteiger partial charge on any atom is -0.322 e. The Morgan fingerprint density at radius 3 is 2.29 bits per heavy atom. The molecule has 1 atom stereocenters. The molecule has 0 aliphatic carbocycles. The number of hydrogen-bond donors (Lipinski definition) is 1. The van der Waals surface area contributed by atoms with E-state index in [1.165, 1.54) is 0 Å². The topological polar surface area (TPSA) is 66.5 Å². The van der Waals surface area contributed by atoms with Gasteiger partial charge < -0.3 is 5.32 Å². The van der Waals surface area contributed by atoms with E-state index in [0.717, 1.165) is 22.5 Å². The van der Waals surface area contributed by atoms with Gasteiger partial charge in [0.1, 0.15) is 10.7 Å². The fraction of sp³-hybridized carbons (Fsp3) is 0.278. The molecule has 150 valence electrons. The van der Waals surface area contributed by atoms with Crippen molar-refractivity contribution in [3.63, 3.8) is 0 Å². The highest BCUT2D eigenvalue weighted by molar-refractivity contribution is 7.89. The molecule has 0 saturated carbocycles. The Morgan fingerprint density at radius 1 is 1.07 bits per heavy atom. The molecule has 1 aliphatic heterocycles.